The number of nitrogens with one attached hydrogen (secondary N) is 3. The van der Waals surface area contributed by atoms with Crippen molar-refractivity contribution in [1.29, 1.82) is 0 Å². The van der Waals surface area contributed by atoms with E-state index in [0.29, 0.717) is 12.1 Å². The van der Waals surface area contributed by atoms with E-state index in [0.717, 1.165) is 43.5 Å². The van der Waals surface area contributed by atoms with Crippen molar-refractivity contribution in [1.82, 2.24) is 20.9 Å². The van der Waals surface area contributed by atoms with Gasteiger partial charge in [-0.2, -0.15) is 0 Å². The summed E-state index contributed by atoms with van der Waals surface area (Å²) in [5, 5.41) is 9.76. The van der Waals surface area contributed by atoms with Crippen LogP contribution in [-0.4, -0.2) is 55.0 Å². The van der Waals surface area contributed by atoms with Crippen LogP contribution < -0.4 is 16.0 Å². The largest absolute Gasteiger partial charge is 0.357 e. The molecule has 6 heteroatoms. The third kappa shape index (κ3) is 9.16. The number of piperidine rings is 1. The lowest BCUT2D eigenvalue weighted by Gasteiger charge is -2.30. The number of carbonyl (C=O) groups excluding carboxylic acids is 1. The summed E-state index contributed by atoms with van der Waals surface area (Å²) in [4.78, 5) is 19.7. The lowest BCUT2D eigenvalue weighted by molar-refractivity contribution is 0.0919. The molecule has 1 aromatic rings. The van der Waals surface area contributed by atoms with E-state index in [4.69, 9.17) is 4.99 Å². The van der Waals surface area contributed by atoms with Gasteiger partial charge in [0.1, 0.15) is 0 Å². The van der Waals surface area contributed by atoms with Crippen LogP contribution in [0.4, 0.5) is 0 Å². The minimum absolute atomic E-state index is 0.0505. The molecular formula is C24H41N5O. The summed E-state index contributed by atoms with van der Waals surface area (Å²) in [7, 11) is 0. The molecule has 6 nitrogen and oxygen atoms in total. The maximum absolute atomic E-state index is 12.4. The van der Waals surface area contributed by atoms with Crippen molar-refractivity contribution in [3.63, 3.8) is 0 Å². The fraction of sp³-hybridized carbons (Fsp3) is 0.667. The van der Waals surface area contributed by atoms with Gasteiger partial charge in [-0.05, 0) is 90.2 Å². The molecule has 1 aromatic carbocycles. The van der Waals surface area contributed by atoms with Crippen molar-refractivity contribution in [2.75, 3.05) is 32.7 Å². The molecule has 1 heterocycles. The van der Waals surface area contributed by atoms with Crippen LogP contribution in [0.3, 0.4) is 0 Å². The van der Waals surface area contributed by atoms with Gasteiger partial charge in [-0.15, -0.1) is 0 Å². The van der Waals surface area contributed by atoms with Gasteiger partial charge in [-0.1, -0.05) is 19.1 Å². The topological polar surface area (TPSA) is 68.8 Å². The molecule has 2 rings (SSSR count). The summed E-state index contributed by atoms with van der Waals surface area (Å²) < 4.78 is 0. The van der Waals surface area contributed by atoms with Gasteiger partial charge in [0, 0.05) is 24.2 Å². The quantitative estimate of drug-likeness (QED) is 0.346. The van der Waals surface area contributed by atoms with E-state index in [2.05, 4.69) is 34.7 Å². The summed E-state index contributed by atoms with van der Waals surface area (Å²) in [5.41, 5.74) is 1.45. The maximum atomic E-state index is 12.4. The Morgan fingerprint density at radius 3 is 2.60 bits per heavy atom. The van der Waals surface area contributed by atoms with Gasteiger partial charge in [0.05, 0.1) is 6.54 Å². The zero-order chi connectivity index (χ0) is 22.0. The monoisotopic (exact) mass is 415 g/mol. The molecule has 3 N–H and O–H groups in total. The van der Waals surface area contributed by atoms with Crippen molar-refractivity contribution >= 4 is 11.9 Å². The molecular weight excluding hydrogens is 374 g/mol. The van der Waals surface area contributed by atoms with Crippen LogP contribution >= 0.6 is 0 Å². The minimum Gasteiger partial charge on any atom is -0.357 e. The smallest absolute Gasteiger partial charge is 0.251 e. The highest BCUT2D eigenvalue weighted by atomic mass is 16.1. The SMILES string of the molecule is CCNC(=NCc1cccc(C(=O)NC(C)(C)C)c1)NCCCN1CCC(C)CC1. The zero-order valence-electron chi connectivity index (χ0n) is 19.6. The Morgan fingerprint density at radius 1 is 1.20 bits per heavy atom. The van der Waals surface area contributed by atoms with Crippen molar-refractivity contribution < 1.29 is 4.79 Å². The van der Waals surface area contributed by atoms with E-state index >= 15 is 0 Å². The van der Waals surface area contributed by atoms with Gasteiger partial charge < -0.3 is 20.9 Å². The summed E-state index contributed by atoms with van der Waals surface area (Å²) in [6.07, 6.45) is 3.76. The summed E-state index contributed by atoms with van der Waals surface area (Å²) in [5.74, 6) is 1.66. The minimum atomic E-state index is -0.250. The second-order valence-corrected chi connectivity index (χ2v) is 9.40. The standard InChI is InChI=1S/C24H41N5O/c1-6-25-23(26-13-8-14-29-15-11-19(2)12-16-29)27-18-20-9-7-10-21(17-20)22(30)28-24(3,4)5/h7,9-10,17,19H,6,8,11-16,18H2,1-5H3,(H,28,30)(H2,25,26,27). The number of rotatable bonds is 8. The fourth-order valence-electron chi connectivity index (χ4n) is 3.53. The van der Waals surface area contributed by atoms with Crippen molar-refractivity contribution in [3.8, 4) is 0 Å². The fourth-order valence-corrected chi connectivity index (χ4v) is 3.53. The Labute approximate surface area is 182 Å². The van der Waals surface area contributed by atoms with Crippen LogP contribution in [0.2, 0.25) is 0 Å². The van der Waals surface area contributed by atoms with E-state index in [-0.39, 0.29) is 11.4 Å². The number of nitrogens with zero attached hydrogens (tertiary/aromatic N) is 2. The maximum Gasteiger partial charge on any atom is 0.251 e. The average Bonchev–Trinajstić information content (AvgIpc) is 2.69. The number of aliphatic imine (C=N–C) groups is 1. The first kappa shape index (κ1) is 24.2. The Balaban J connectivity index is 1.83. The molecule has 1 amide bonds. The summed E-state index contributed by atoms with van der Waals surface area (Å²) in [6.45, 7) is 16.3. The van der Waals surface area contributed by atoms with Crippen LogP contribution in [-0.2, 0) is 6.54 Å². The predicted octanol–water partition coefficient (Wildman–Crippen LogP) is 3.39. The molecule has 0 aliphatic carbocycles. The molecule has 168 valence electrons. The first-order valence-corrected chi connectivity index (χ1v) is 11.4. The normalized spacial score (nSPS) is 16.4. The molecule has 30 heavy (non-hydrogen) atoms. The van der Waals surface area contributed by atoms with Crippen LogP contribution in [0.15, 0.2) is 29.3 Å². The number of hydrogen-bond donors (Lipinski definition) is 3. The first-order chi connectivity index (χ1) is 14.3. The van der Waals surface area contributed by atoms with Crippen LogP contribution in [0.1, 0.15) is 69.8 Å². The van der Waals surface area contributed by atoms with Gasteiger partial charge in [0.2, 0.25) is 0 Å². The third-order valence-electron chi connectivity index (χ3n) is 5.26. The van der Waals surface area contributed by atoms with E-state index < -0.39 is 0 Å². The second kappa shape index (κ2) is 11.9. The molecule has 0 aromatic heterocycles. The molecule has 0 radical (unpaired) electrons. The highest BCUT2D eigenvalue weighted by molar-refractivity contribution is 5.94. The molecule has 1 saturated heterocycles. The number of carbonyl (C=O) groups is 1. The van der Waals surface area contributed by atoms with E-state index in [1.165, 1.54) is 25.9 Å². The van der Waals surface area contributed by atoms with Crippen molar-refractivity contribution in [3.05, 3.63) is 35.4 Å². The Hall–Kier alpha value is -2.08. The molecule has 1 aliphatic rings. The Morgan fingerprint density at radius 2 is 1.93 bits per heavy atom. The Bertz CT molecular complexity index is 687. The van der Waals surface area contributed by atoms with Gasteiger partial charge in [-0.3, -0.25) is 4.79 Å². The van der Waals surface area contributed by atoms with Gasteiger partial charge >= 0.3 is 0 Å². The lowest BCUT2D eigenvalue weighted by Crippen LogP contribution is -2.40. The molecule has 1 aliphatic heterocycles. The molecule has 0 bridgehead atoms. The molecule has 0 unspecified atom stereocenters. The third-order valence-corrected chi connectivity index (χ3v) is 5.26. The summed E-state index contributed by atoms with van der Waals surface area (Å²) >= 11 is 0. The van der Waals surface area contributed by atoms with Gasteiger partial charge in [0.25, 0.3) is 5.91 Å². The van der Waals surface area contributed by atoms with Crippen molar-refractivity contribution in [2.24, 2.45) is 10.9 Å². The second-order valence-electron chi connectivity index (χ2n) is 9.40. The van der Waals surface area contributed by atoms with E-state index in [1.807, 2.05) is 45.0 Å². The number of benzene rings is 1. The van der Waals surface area contributed by atoms with Gasteiger partial charge in [-0.25, -0.2) is 4.99 Å². The van der Waals surface area contributed by atoms with E-state index in [1.54, 1.807) is 0 Å². The highest BCUT2D eigenvalue weighted by Crippen LogP contribution is 2.15. The van der Waals surface area contributed by atoms with Crippen LogP contribution in [0, 0.1) is 5.92 Å². The number of amides is 1. The predicted molar refractivity (Wildman–Crippen MR) is 126 cm³/mol. The van der Waals surface area contributed by atoms with Crippen molar-refractivity contribution in [2.45, 2.75) is 66.0 Å². The molecule has 0 saturated carbocycles. The molecule has 0 spiro atoms. The molecule has 0 atom stereocenters. The lowest BCUT2D eigenvalue weighted by atomic mass is 9.99. The number of likely N-dealkylation sites (tertiary alicyclic amines) is 1. The van der Waals surface area contributed by atoms with Gasteiger partial charge in [0.15, 0.2) is 5.96 Å². The zero-order valence-corrected chi connectivity index (χ0v) is 19.6. The summed E-state index contributed by atoms with van der Waals surface area (Å²) in [6, 6.07) is 7.70. The number of hydrogen-bond acceptors (Lipinski definition) is 3. The average molecular weight is 416 g/mol. The van der Waals surface area contributed by atoms with Crippen LogP contribution in [0.25, 0.3) is 0 Å². The first-order valence-electron chi connectivity index (χ1n) is 11.4. The van der Waals surface area contributed by atoms with Crippen LogP contribution in [0.5, 0.6) is 0 Å². The molecule has 1 fully saturated rings. The highest BCUT2D eigenvalue weighted by Gasteiger charge is 2.16. The van der Waals surface area contributed by atoms with E-state index in [9.17, 15) is 4.79 Å². The number of guanidine groups is 1. The Kier molecular flexibility index (Phi) is 9.63.